The summed E-state index contributed by atoms with van der Waals surface area (Å²) in [4.78, 5) is 27.0. The van der Waals surface area contributed by atoms with Crippen LogP contribution in [0.2, 0.25) is 0 Å². The van der Waals surface area contributed by atoms with Gasteiger partial charge in [-0.15, -0.1) is 0 Å². The lowest BCUT2D eigenvalue weighted by Gasteiger charge is -2.07. The van der Waals surface area contributed by atoms with Gasteiger partial charge >= 0.3 is 5.69 Å². The first kappa shape index (κ1) is 19.4. The monoisotopic (exact) mass is 403 g/mol. The molecule has 1 N–H and O–H groups in total. The summed E-state index contributed by atoms with van der Waals surface area (Å²) in [5.74, 6) is 0.553. The number of carbonyl (C=O) groups is 1. The first-order valence-electron chi connectivity index (χ1n) is 8.28. The van der Waals surface area contributed by atoms with Gasteiger partial charge in [0.15, 0.2) is 17.5 Å². The van der Waals surface area contributed by atoms with Gasteiger partial charge in [0.2, 0.25) is 0 Å². The second-order valence-corrected chi connectivity index (χ2v) is 6.54. The third-order valence-electron chi connectivity index (χ3n) is 3.64. The van der Waals surface area contributed by atoms with E-state index in [2.05, 4.69) is 10.3 Å². The highest BCUT2D eigenvalue weighted by Gasteiger charge is 2.18. The van der Waals surface area contributed by atoms with Gasteiger partial charge in [0, 0.05) is 0 Å². The van der Waals surface area contributed by atoms with E-state index in [0.29, 0.717) is 17.5 Å². The number of ether oxygens (including phenoxy) is 3. The Kier molecular flexibility index (Phi) is 5.90. The van der Waals surface area contributed by atoms with E-state index in [1.165, 1.54) is 36.6 Å². The molecule has 0 aliphatic heterocycles. The van der Waals surface area contributed by atoms with Crippen molar-refractivity contribution in [2.45, 2.75) is 6.92 Å². The van der Waals surface area contributed by atoms with Crippen molar-refractivity contribution >= 4 is 38.3 Å². The van der Waals surface area contributed by atoms with Crippen LogP contribution in [0.4, 0.5) is 10.8 Å². The molecule has 1 aromatic heterocycles. The number of nitro groups is 1. The Morgan fingerprint density at radius 3 is 2.71 bits per heavy atom. The minimum atomic E-state index is -0.598. The van der Waals surface area contributed by atoms with Crippen molar-refractivity contribution in [2.24, 2.45) is 0 Å². The van der Waals surface area contributed by atoms with Gasteiger partial charge in [-0.1, -0.05) is 11.3 Å². The fourth-order valence-electron chi connectivity index (χ4n) is 2.40. The second-order valence-electron chi connectivity index (χ2n) is 5.51. The molecule has 2 aromatic carbocycles. The number of benzene rings is 2. The molecule has 10 heteroatoms. The Bertz CT molecular complexity index is 1020. The molecule has 3 aromatic rings. The lowest BCUT2D eigenvalue weighted by Crippen LogP contribution is -2.20. The van der Waals surface area contributed by atoms with Crippen LogP contribution in [-0.2, 0) is 4.79 Å². The molecule has 0 unspecified atom stereocenters. The third-order valence-corrected chi connectivity index (χ3v) is 4.57. The van der Waals surface area contributed by atoms with Crippen LogP contribution in [0.3, 0.4) is 0 Å². The molecule has 28 heavy (non-hydrogen) atoms. The first-order chi connectivity index (χ1) is 13.5. The standard InChI is InChI=1S/C18H17N3O6S/c1-3-26-12-4-6-13-16(9-12)28-18(19-13)20-17(22)10-27-15-7-5-11(25-2)8-14(15)21(23)24/h4-9H,3,10H2,1-2H3,(H,19,20,22). The van der Waals surface area contributed by atoms with Gasteiger partial charge in [0.25, 0.3) is 5.91 Å². The summed E-state index contributed by atoms with van der Waals surface area (Å²) >= 11 is 1.30. The minimum absolute atomic E-state index is 0.0217. The summed E-state index contributed by atoms with van der Waals surface area (Å²) < 4.78 is 16.6. The predicted molar refractivity (Wildman–Crippen MR) is 105 cm³/mol. The Labute approximate surface area is 164 Å². The normalized spacial score (nSPS) is 10.5. The van der Waals surface area contributed by atoms with Gasteiger partial charge in [-0.05, 0) is 37.3 Å². The average molecular weight is 403 g/mol. The molecule has 1 heterocycles. The van der Waals surface area contributed by atoms with Crippen molar-refractivity contribution < 1.29 is 23.9 Å². The first-order valence-corrected chi connectivity index (χ1v) is 9.10. The van der Waals surface area contributed by atoms with E-state index >= 15 is 0 Å². The van der Waals surface area contributed by atoms with Crippen molar-refractivity contribution in [3.05, 3.63) is 46.5 Å². The molecule has 0 saturated carbocycles. The fraction of sp³-hybridized carbons (Fsp3) is 0.222. The number of methoxy groups -OCH3 is 1. The van der Waals surface area contributed by atoms with Crippen molar-refractivity contribution in [2.75, 3.05) is 25.6 Å². The fourth-order valence-corrected chi connectivity index (χ4v) is 3.31. The van der Waals surface area contributed by atoms with Crippen molar-refractivity contribution in [3.63, 3.8) is 0 Å². The van der Waals surface area contributed by atoms with Gasteiger partial charge in [-0.3, -0.25) is 20.2 Å². The molecule has 146 valence electrons. The van der Waals surface area contributed by atoms with E-state index in [1.807, 2.05) is 25.1 Å². The topological polar surface area (TPSA) is 113 Å². The number of hydrogen-bond acceptors (Lipinski definition) is 8. The van der Waals surface area contributed by atoms with E-state index in [9.17, 15) is 14.9 Å². The largest absolute Gasteiger partial charge is 0.496 e. The zero-order valence-electron chi connectivity index (χ0n) is 15.1. The lowest BCUT2D eigenvalue weighted by atomic mass is 10.3. The van der Waals surface area contributed by atoms with Gasteiger partial charge < -0.3 is 14.2 Å². The number of anilines is 1. The maximum Gasteiger partial charge on any atom is 0.314 e. The van der Waals surface area contributed by atoms with E-state index in [1.54, 1.807) is 0 Å². The molecule has 1 amide bonds. The Morgan fingerprint density at radius 1 is 1.21 bits per heavy atom. The summed E-state index contributed by atoms with van der Waals surface area (Å²) in [5, 5.41) is 14.2. The molecule has 0 saturated heterocycles. The van der Waals surface area contributed by atoms with Crippen LogP contribution in [0.1, 0.15) is 6.92 Å². The van der Waals surface area contributed by atoms with Crippen LogP contribution in [0.15, 0.2) is 36.4 Å². The summed E-state index contributed by atoms with van der Waals surface area (Å²) in [5.41, 5.74) is 0.450. The maximum absolute atomic E-state index is 12.1. The van der Waals surface area contributed by atoms with Crippen LogP contribution in [0, 0.1) is 10.1 Å². The van der Waals surface area contributed by atoms with Crippen LogP contribution in [-0.4, -0.2) is 36.1 Å². The van der Waals surface area contributed by atoms with Crippen molar-refractivity contribution in [3.8, 4) is 17.2 Å². The van der Waals surface area contributed by atoms with Crippen LogP contribution in [0.5, 0.6) is 17.2 Å². The number of rotatable bonds is 8. The zero-order valence-corrected chi connectivity index (χ0v) is 15.9. The molecular weight excluding hydrogens is 386 g/mol. The highest BCUT2D eigenvalue weighted by molar-refractivity contribution is 7.22. The lowest BCUT2D eigenvalue weighted by molar-refractivity contribution is -0.385. The number of nitro benzene ring substituents is 1. The average Bonchev–Trinajstić information content (AvgIpc) is 3.07. The highest BCUT2D eigenvalue weighted by Crippen LogP contribution is 2.31. The molecule has 0 radical (unpaired) electrons. The number of fused-ring (bicyclic) bond motifs is 1. The molecule has 9 nitrogen and oxygen atoms in total. The van der Waals surface area contributed by atoms with Crippen LogP contribution < -0.4 is 19.5 Å². The second kappa shape index (κ2) is 8.53. The molecule has 0 atom stereocenters. The number of thiazole rings is 1. The number of aromatic nitrogens is 1. The van der Waals surface area contributed by atoms with Gasteiger partial charge in [0.05, 0.1) is 34.9 Å². The minimum Gasteiger partial charge on any atom is -0.496 e. The molecule has 0 aliphatic carbocycles. The van der Waals surface area contributed by atoms with Gasteiger partial charge in [0.1, 0.15) is 11.5 Å². The molecular formula is C18H17N3O6S. The van der Waals surface area contributed by atoms with E-state index in [0.717, 1.165) is 16.0 Å². The number of amides is 1. The maximum atomic E-state index is 12.1. The highest BCUT2D eigenvalue weighted by atomic mass is 32.1. The Hall–Kier alpha value is -3.40. The SMILES string of the molecule is CCOc1ccc2nc(NC(=O)COc3ccc(OC)cc3[N+](=O)[O-])sc2c1. The Balaban J connectivity index is 1.66. The zero-order chi connectivity index (χ0) is 20.1. The molecule has 0 spiro atoms. The number of nitrogens with one attached hydrogen (secondary N) is 1. The third kappa shape index (κ3) is 4.46. The molecule has 0 fully saturated rings. The van der Waals surface area contributed by atoms with E-state index < -0.39 is 17.4 Å². The molecule has 0 aliphatic rings. The van der Waals surface area contributed by atoms with E-state index in [-0.39, 0.29) is 11.4 Å². The Morgan fingerprint density at radius 2 is 2.00 bits per heavy atom. The molecule has 0 bridgehead atoms. The van der Waals surface area contributed by atoms with Gasteiger partial charge in [-0.2, -0.15) is 0 Å². The quantitative estimate of drug-likeness (QED) is 0.451. The number of nitrogens with zero attached hydrogens (tertiary/aromatic N) is 2. The summed E-state index contributed by atoms with van der Waals surface area (Å²) in [6.45, 7) is 2.06. The van der Waals surface area contributed by atoms with Gasteiger partial charge in [-0.25, -0.2) is 4.98 Å². The smallest absolute Gasteiger partial charge is 0.314 e. The predicted octanol–water partition coefficient (Wildman–Crippen LogP) is 3.63. The number of hydrogen-bond donors (Lipinski definition) is 1. The van der Waals surface area contributed by atoms with E-state index in [4.69, 9.17) is 14.2 Å². The summed E-state index contributed by atoms with van der Waals surface area (Å²) in [6, 6.07) is 9.60. The van der Waals surface area contributed by atoms with Crippen LogP contribution >= 0.6 is 11.3 Å². The summed E-state index contributed by atoms with van der Waals surface area (Å²) in [6.07, 6.45) is 0. The molecule has 3 rings (SSSR count). The summed E-state index contributed by atoms with van der Waals surface area (Å²) in [7, 11) is 1.41. The number of carbonyl (C=O) groups excluding carboxylic acids is 1. The van der Waals surface area contributed by atoms with Crippen molar-refractivity contribution in [1.29, 1.82) is 0 Å². The van der Waals surface area contributed by atoms with Crippen molar-refractivity contribution in [1.82, 2.24) is 4.98 Å². The van der Waals surface area contributed by atoms with Crippen LogP contribution in [0.25, 0.3) is 10.2 Å².